The van der Waals surface area contributed by atoms with Crippen molar-refractivity contribution in [1.29, 1.82) is 0 Å². The summed E-state index contributed by atoms with van der Waals surface area (Å²) in [6.45, 7) is 0.530. The Balaban J connectivity index is 1.77. The van der Waals surface area contributed by atoms with Gasteiger partial charge in [-0.1, -0.05) is 48.5 Å². The minimum absolute atomic E-state index is 0.137. The van der Waals surface area contributed by atoms with Crippen molar-refractivity contribution in [1.82, 2.24) is 5.32 Å². The number of nitrogens with one attached hydrogen (secondary N) is 2. The number of hydrogen-bond donors (Lipinski definition) is 2. The van der Waals surface area contributed by atoms with Crippen molar-refractivity contribution in [2.75, 3.05) is 19.5 Å². The molecule has 3 rings (SSSR count). The van der Waals surface area contributed by atoms with Gasteiger partial charge in [0, 0.05) is 18.3 Å². The number of methoxy groups -OCH3 is 2. The van der Waals surface area contributed by atoms with Crippen LogP contribution < -0.4 is 20.1 Å². The molecular weight excluding hydrogens is 352 g/mol. The molecule has 3 aromatic rings. The molecule has 0 fully saturated rings. The van der Waals surface area contributed by atoms with Crippen LogP contribution >= 0.6 is 0 Å². The van der Waals surface area contributed by atoms with Gasteiger partial charge in [-0.15, -0.1) is 0 Å². The Labute approximate surface area is 165 Å². The molecule has 5 nitrogen and oxygen atoms in total. The topological polar surface area (TPSA) is 59.6 Å². The number of ether oxygens (including phenoxy) is 2. The van der Waals surface area contributed by atoms with Crippen molar-refractivity contribution in [3.05, 3.63) is 90.0 Å². The molecule has 0 aliphatic carbocycles. The lowest BCUT2D eigenvalue weighted by Gasteiger charge is -2.19. The van der Waals surface area contributed by atoms with Gasteiger partial charge in [-0.05, 0) is 35.4 Å². The highest BCUT2D eigenvalue weighted by Gasteiger charge is 2.20. The third-order valence-electron chi connectivity index (χ3n) is 4.38. The average Bonchev–Trinajstić information content (AvgIpc) is 2.75. The van der Waals surface area contributed by atoms with E-state index in [1.54, 1.807) is 20.3 Å². The van der Waals surface area contributed by atoms with Crippen molar-refractivity contribution < 1.29 is 14.3 Å². The summed E-state index contributed by atoms with van der Waals surface area (Å²) in [5.74, 6) is 1.34. The van der Waals surface area contributed by atoms with Crippen LogP contribution in [0.25, 0.3) is 0 Å². The molecule has 0 spiro atoms. The molecule has 0 saturated heterocycles. The van der Waals surface area contributed by atoms with Crippen LogP contribution in [0.2, 0.25) is 0 Å². The van der Waals surface area contributed by atoms with E-state index < -0.39 is 6.04 Å². The monoisotopic (exact) mass is 376 g/mol. The van der Waals surface area contributed by atoms with E-state index in [1.165, 1.54) is 0 Å². The number of benzene rings is 3. The van der Waals surface area contributed by atoms with E-state index in [9.17, 15) is 4.79 Å². The van der Waals surface area contributed by atoms with E-state index in [4.69, 9.17) is 9.47 Å². The molecule has 0 aromatic heterocycles. The fourth-order valence-electron chi connectivity index (χ4n) is 2.93. The van der Waals surface area contributed by atoms with Crippen LogP contribution in [-0.2, 0) is 11.3 Å². The van der Waals surface area contributed by atoms with Gasteiger partial charge >= 0.3 is 0 Å². The molecule has 0 bridgehead atoms. The second-order valence-electron chi connectivity index (χ2n) is 6.30. The van der Waals surface area contributed by atoms with Crippen molar-refractivity contribution in [3.8, 4) is 11.5 Å². The maximum Gasteiger partial charge on any atom is 0.246 e. The van der Waals surface area contributed by atoms with Crippen molar-refractivity contribution in [3.63, 3.8) is 0 Å². The summed E-state index contributed by atoms with van der Waals surface area (Å²) in [6.07, 6.45) is 0. The van der Waals surface area contributed by atoms with Gasteiger partial charge < -0.3 is 14.8 Å². The van der Waals surface area contributed by atoms with Crippen LogP contribution in [0.3, 0.4) is 0 Å². The Morgan fingerprint density at radius 1 is 0.857 bits per heavy atom. The maximum atomic E-state index is 13.0. The average molecular weight is 376 g/mol. The minimum Gasteiger partial charge on any atom is -0.497 e. The molecule has 0 radical (unpaired) electrons. The van der Waals surface area contributed by atoms with Gasteiger partial charge in [-0.3, -0.25) is 10.1 Å². The Bertz CT molecular complexity index is 912. The number of carbonyl (C=O) groups excluding carboxylic acids is 1. The zero-order valence-electron chi connectivity index (χ0n) is 16.0. The molecule has 0 aliphatic heterocycles. The molecule has 0 unspecified atom stereocenters. The second-order valence-corrected chi connectivity index (χ2v) is 6.30. The summed E-state index contributed by atoms with van der Waals surface area (Å²) in [7, 11) is 3.24. The van der Waals surface area contributed by atoms with Crippen LogP contribution in [0.4, 0.5) is 5.69 Å². The Morgan fingerprint density at radius 3 is 2.25 bits per heavy atom. The van der Waals surface area contributed by atoms with Crippen molar-refractivity contribution in [2.24, 2.45) is 0 Å². The van der Waals surface area contributed by atoms with Gasteiger partial charge in [0.1, 0.15) is 17.5 Å². The first-order valence-corrected chi connectivity index (χ1v) is 9.06. The molecule has 0 aliphatic rings. The molecule has 1 atom stereocenters. The first kappa shape index (κ1) is 19.5. The quantitative estimate of drug-likeness (QED) is 0.619. The molecule has 1 amide bonds. The van der Waals surface area contributed by atoms with E-state index in [0.29, 0.717) is 18.0 Å². The molecule has 3 aromatic carbocycles. The normalized spacial score (nSPS) is 11.5. The van der Waals surface area contributed by atoms with Crippen molar-refractivity contribution >= 4 is 11.6 Å². The van der Waals surface area contributed by atoms with E-state index in [-0.39, 0.29) is 5.91 Å². The number of carbonyl (C=O) groups is 1. The highest BCUT2D eigenvalue weighted by Crippen LogP contribution is 2.21. The standard InChI is InChI=1S/C23H24N2O3/c1-27-20-12-6-8-17(14-20)16-24-22(18-9-4-3-5-10-18)23(26)25-19-11-7-13-21(15-19)28-2/h3-15,22,24H,16H2,1-2H3,(H,25,26)/t22-/m0/s1. The zero-order valence-corrected chi connectivity index (χ0v) is 16.0. The molecular formula is C23H24N2O3. The smallest absolute Gasteiger partial charge is 0.246 e. The highest BCUT2D eigenvalue weighted by molar-refractivity contribution is 5.95. The lowest BCUT2D eigenvalue weighted by Crippen LogP contribution is -2.32. The number of rotatable bonds is 8. The van der Waals surface area contributed by atoms with Crippen LogP contribution in [0, 0.1) is 0 Å². The van der Waals surface area contributed by atoms with E-state index in [0.717, 1.165) is 16.9 Å². The summed E-state index contributed by atoms with van der Waals surface area (Å²) in [5, 5.41) is 6.32. The van der Waals surface area contributed by atoms with Gasteiger partial charge in [-0.2, -0.15) is 0 Å². The maximum absolute atomic E-state index is 13.0. The Hall–Kier alpha value is -3.31. The Kier molecular flexibility index (Phi) is 6.65. The van der Waals surface area contributed by atoms with E-state index in [2.05, 4.69) is 10.6 Å². The third-order valence-corrected chi connectivity index (χ3v) is 4.38. The first-order valence-electron chi connectivity index (χ1n) is 9.06. The van der Waals surface area contributed by atoms with E-state index >= 15 is 0 Å². The molecule has 5 heteroatoms. The molecule has 28 heavy (non-hydrogen) atoms. The predicted molar refractivity (Wildman–Crippen MR) is 111 cm³/mol. The first-order chi connectivity index (χ1) is 13.7. The van der Waals surface area contributed by atoms with Crippen LogP contribution in [-0.4, -0.2) is 20.1 Å². The van der Waals surface area contributed by atoms with Crippen LogP contribution in [0.5, 0.6) is 11.5 Å². The van der Waals surface area contributed by atoms with Crippen LogP contribution in [0.15, 0.2) is 78.9 Å². The predicted octanol–water partition coefficient (Wildman–Crippen LogP) is 4.17. The van der Waals surface area contributed by atoms with Gasteiger partial charge in [-0.25, -0.2) is 0 Å². The minimum atomic E-state index is -0.501. The fraction of sp³-hybridized carbons (Fsp3) is 0.174. The second kappa shape index (κ2) is 9.58. The summed E-state index contributed by atoms with van der Waals surface area (Å²) >= 11 is 0. The van der Waals surface area contributed by atoms with E-state index in [1.807, 2.05) is 72.8 Å². The molecule has 2 N–H and O–H groups in total. The summed E-state index contributed by atoms with van der Waals surface area (Å²) < 4.78 is 10.5. The summed E-state index contributed by atoms with van der Waals surface area (Å²) in [4.78, 5) is 13.0. The van der Waals surface area contributed by atoms with Crippen molar-refractivity contribution in [2.45, 2.75) is 12.6 Å². The number of hydrogen-bond acceptors (Lipinski definition) is 4. The molecule has 144 valence electrons. The summed E-state index contributed by atoms with van der Waals surface area (Å²) in [6, 6.07) is 24.3. The van der Waals surface area contributed by atoms with Gasteiger partial charge in [0.05, 0.1) is 14.2 Å². The number of amides is 1. The fourth-order valence-corrected chi connectivity index (χ4v) is 2.93. The highest BCUT2D eigenvalue weighted by atomic mass is 16.5. The lowest BCUT2D eigenvalue weighted by molar-refractivity contribution is -0.118. The molecule has 0 saturated carbocycles. The van der Waals surface area contributed by atoms with Gasteiger partial charge in [0.15, 0.2) is 0 Å². The number of anilines is 1. The largest absolute Gasteiger partial charge is 0.497 e. The van der Waals surface area contributed by atoms with Gasteiger partial charge in [0.25, 0.3) is 0 Å². The van der Waals surface area contributed by atoms with Crippen LogP contribution in [0.1, 0.15) is 17.2 Å². The lowest BCUT2D eigenvalue weighted by atomic mass is 10.1. The zero-order chi connectivity index (χ0) is 19.8. The van der Waals surface area contributed by atoms with Gasteiger partial charge in [0.2, 0.25) is 5.91 Å². The summed E-state index contributed by atoms with van der Waals surface area (Å²) in [5.41, 5.74) is 2.62. The SMILES string of the molecule is COc1cccc(CN[C@H](C(=O)Nc2cccc(OC)c2)c2ccccc2)c1. The Morgan fingerprint density at radius 2 is 1.54 bits per heavy atom. The third kappa shape index (κ3) is 5.11. The molecule has 0 heterocycles.